The first-order valence-electron chi connectivity index (χ1n) is 5.07. The molecule has 0 bridgehead atoms. The molecule has 0 spiro atoms. The largest absolute Gasteiger partial charge is 0.380 e. The fourth-order valence-electron chi connectivity index (χ4n) is 1.77. The fourth-order valence-corrected chi connectivity index (χ4v) is 1.77. The number of rotatable bonds is 2. The highest BCUT2D eigenvalue weighted by Crippen LogP contribution is 2.11. The van der Waals surface area contributed by atoms with Crippen LogP contribution in [0.2, 0.25) is 0 Å². The number of nitrogens with zero attached hydrogens (tertiary/aromatic N) is 4. The first kappa shape index (κ1) is 14.4. The number of fused-ring (bicyclic) bond motifs is 1. The lowest BCUT2D eigenvalue weighted by Crippen LogP contribution is -2.56. The van der Waals surface area contributed by atoms with Crippen molar-refractivity contribution < 1.29 is 25.5 Å². The van der Waals surface area contributed by atoms with E-state index in [-0.39, 0.29) is 4.57 Å². The Labute approximate surface area is 110 Å². The van der Waals surface area contributed by atoms with Crippen molar-refractivity contribution in [1.29, 1.82) is 0 Å². The Bertz CT molecular complexity index is 790. The average molecular weight is 284 g/mol. The number of aryl methyl sites for hydroxylation is 1. The van der Waals surface area contributed by atoms with Gasteiger partial charge in [-0.1, -0.05) is 0 Å². The van der Waals surface area contributed by atoms with Gasteiger partial charge in [-0.2, -0.15) is 4.57 Å². The summed E-state index contributed by atoms with van der Waals surface area (Å²) in [6, 6.07) is 0. The average Bonchev–Trinajstić information content (AvgIpc) is 2.56. The van der Waals surface area contributed by atoms with Crippen LogP contribution in [0.4, 0.5) is 0 Å². The van der Waals surface area contributed by atoms with E-state index in [2.05, 4.69) is 4.98 Å². The van der Waals surface area contributed by atoms with Crippen LogP contribution in [0.5, 0.6) is 0 Å². The SMILES string of the molecule is [B]C(O)(O)n1c(=O)n(C(O)(O)O)c(=O)c2c1ncn2C. The molecule has 0 atom stereocenters. The number of aromatic nitrogens is 4. The first-order chi connectivity index (χ1) is 8.96. The molecule has 11 nitrogen and oxygen atoms in total. The predicted octanol–water partition coefficient (Wildman–Crippen LogP) is -4.84. The Morgan fingerprint density at radius 3 is 2.15 bits per heavy atom. The molecule has 0 aliphatic heterocycles. The second-order valence-electron chi connectivity index (χ2n) is 4.07. The van der Waals surface area contributed by atoms with Crippen molar-refractivity contribution in [1.82, 2.24) is 18.7 Å². The third-order valence-corrected chi connectivity index (χ3v) is 2.55. The summed E-state index contributed by atoms with van der Waals surface area (Å²) >= 11 is 0. The molecule has 0 saturated heterocycles. The van der Waals surface area contributed by atoms with Crippen molar-refractivity contribution in [3.8, 4) is 0 Å². The molecule has 0 saturated carbocycles. The third kappa shape index (κ3) is 1.95. The zero-order valence-electron chi connectivity index (χ0n) is 10.00. The molecule has 0 aliphatic carbocycles. The van der Waals surface area contributed by atoms with Gasteiger partial charge in [-0.3, -0.25) is 4.79 Å². The molecule has 20 heavy (non-hydrogen) atoms. The quantitative estimate of drug-likeness (QED) is 0.271. The lowest BCUT2D eigenvalue weighted by molar-refractivity contribution is -0.379. The Morgan fingerprint density at radius 1 is 1.15 bits per heavy atom. The molecule has 0 fully saturated rings. The van der Waals surface area contributed by atoms with E-state index in [1.807, 2.05) is 0 Å². The smallest absolute Gasteiger partial charge is 0.357 e. The molecule has 12 heteroatoms. The zero-order valence-corrected chi connectivity index (χ0v) is 10.00. The van der Waals surface area contributed by atoms with Crippen LogP contribution >= 0.6 is 0 Å². The van der Waals surface area contributed by atoms with Gasteiger partial charge >= 0.3 is 11.8 Å². The maximum absolute atomic E-state index is 12.0. The predicted molar refractivity (Wildman–Crippen MR) is 62.0 cm³/mol. The van der Waals surface area contributed by atoms with Gasteiger partial charge in [0.1, 0.15) is 0 Å². The third-order valence-electron chi connectivity index (χ3n) is 2.55. The van der Waals surface area contributed by atoms with Crippen LogP contribution < -0.4 is 11.2 Å². The Hall–Kier alpha value is -1.99. The van der Waals surface area contributed by atoms with Crippen molar-refractivity contribution in [2.75, 3.05) is 0 Å². The molecule has 2 heterocycles. The number of imidazole rings is 1. The summed E-state index contributed by atoms with van der Waals surface area (Å²) in [6.45, 7) is 0. The van der Waals surface area contributed by atoms with Gasteiger partial charge in [0.15, 0.2) is 24.8 Å². The standard InChI is InChI=1S/C8H9BN4O7/c1-11-2-10-4-3(11)5(14)13(8(18,19)20)6(15)12(4)7(9,16)17/h2,16-20H,1H3. The van der Waals surface area contributed by atoms with E-state index in [9.17, 15) is 19.8 Å². The topological polar surface area (TPSA) is 163 Å². The molecule has 0 amide bonds. The Balaban J connectivity index is 3.16. The summed E-state index contributed by atoms with van der Waals surface area (Å²) < 4.78 is 0.633. The van der Waals surface area contributed by atoms with Crippen LogP contribution in [0, 0.1) is 0 Å². The van der Waals surface area contributed by atoms with E-state index >= 15 is 0 Å². The molecule has 0 aliphatic rings. The fraction of sp³-hybridized carbons (Fsp3) is 0.375. The summed E-state index contributed by atoms with van der Waals surface area (Å²) in [7, 11) is 6.28. The highest BCUT2D eigenvalue weighted by Gasteiger charge is 2.34. The van der Waals surface area contributed by atoms with Gasteiger partial charge in [-0.05, 0) is 0 Å². The summed E-state index contributed by atoms with van der Waals surface area (Å²) in [6.07, 6.45) is -2.81. The van der Waals surface area contributed by atoms with Gasteiger partial charge in [0.05, 0.1) is 6.33 Å². The molecule has 2 aromatic rings. The second kappa shape index (κ2) is 4.00. The van der Waals surface area contributed by atoms with Crippen molar-refractivity contribution in [3.05, 3.63) is 27.2 Å². The molecular weight excluding hydrogens is 275 g/mol. The molecule has 5 N–H and O–H groups in total. The minimum absolute atomic E-state index is 0.00113. The van der Waals surface area contributed by atoms with Crippen molar-refractivity contribution in [3.63, 3.8) is 0 Å². The minimum Gasteiger partial charge on any atom is -0.357 e. The molecule has 2 radical (unpaired) electrons. The van der Waals surface area contributed by atoms with Crippen LogP contribution in [0.15, 0.2) is 15.9 Å². The molecule has 2 aromatic heterocycles. The monoisotopic (exact) mass is 284 g/mol. The van der Waals surface area contributed by atoms with E-state index in [0.29, 0.717) is 0 Å². The van der Waals surface area contributed by atoms with Crippen LogP contribution in [-0.2, 0) is 19.0 Å². The summed E-state index contributed by atoms with van der Waals surface area (Å²) in [5, 5.41) is 45.9. The molecule has 106 valence electrons. The summed E-state index contributed by atoms with van der Waals surface area (Å²) in [5.74, 6) is -3.29. The number of aliphatic hydroxyl groups is 5. The molecule has 2 rings (SSSR count). The second-order valence-corrected chi connectivity index (χ2v) is 4.07. The first-order valence-corrected chi connectivity index (χ1v) is 5.07. The van der Waals surface area contributed by atoms with Gasteiger partial charge in [0, 0.05) is 7.05 Å². The maximum atomic E-state index is 12.0. The zero-order chi connectivity index (χ0) is 15.5. The van der Waals surface area contributed by atoms with Crippen molar-refractivity contribution in [2.45, 2.75) is 11.9 Å². The lowest BCUT2D eigenvalue weighted by atomic mass is 10.0. The Kier molecular flexibility index (Phi) is 2.89. The van der Waals surface area contributed by atoms with Crippen molar-refractivity contribution in [2.24, 2.45) is 7.05 Å². The molecule has 0 aromatic carbocycles. The lowest BCUT2D eigenvalue weighted by Gasteiger charge is -2.24. The molecule has 0 unspecified atom stereocenters. The van der Waals surface area contributed by atoms with Crippen molar-refractivity contribution >= 4 is 19.0 Å². The van der Waals surface area contributed by atoms with E-state index < -0.39 is 38.9 Å². The normalized spacial score (nSPS) is 13.1. The van der Waals surface area contributed by atoms with Gasteiger partial charge in [-0.15, -0.1) is 0 Å². The minimum atomic E-state index is -3.86. The van der Waals surface area contributed by atoms with Gasteiger partial charge < -0.3 is 30.1 Å². The highest BCUT2D eigenvalue weighted by molar-refractivity contribution is 6.11. The summed E-state index contributed by atoms with van der Waals surface area (Å²) in [4.78, 5) is 27.5. The van der Waals surface area contributed by atoms with E-state index in [1.165, 1.54) is 7.05 Å². The van der Waals surface area contributed by atoms with Crippen LogP contribution in [0.1, 0.15) is 0 Å². The van der Waals surface area contributed by atoms with E-state index in [0.717, 1.165) is 10.9 Å². The van der Waals surface area contributed by atoms with Gasteiger partial charge in [0.2, 0.25) is 0 Å². The highest BCUT2D eigenvalue weighted by atomic mass is 16.7. The Morgan fingerprint density at radius 2 is 1.70 bits per heavy atom. The van der Waals surface area contributed by atoms with E-state index in [1.54, 1.807) is 0 Å². The van der Waals surface area contributed by atoms with Crippen LogP contribution in [-0.4, -0.2) is 52.1 Å². The van der Waals surface area contributed by atoms with Crippen LogP contribution in [0.25, 0.3) is 11.2 Å². The maximum Gasteiger partial charge on any atom is 0.380 e. The number of hydrogen-bond acceptors (Lipinski definition) is 8. The molecular formula is C8H9BN4O7. The van der Waals surface area contributed by atoms with Crippen LogP contribution in [0.3, 0.4) is 0 Å². The van der Waals surface area contributed by atoms with E-state index in [4.69, 9.17) is 23.2 Å². The number of hydrogen-bond donors (Lipinski definition) is 5. The summed E-state index contributed by atoms with van der Waals surface area (Å²) in [5.41, 5.74) is -3.96. The van der Waals surface area contributed by atoms with Gasteiger partial charge in [-0.25, -0.2) is 14.3 Å². The van der Waals surface area contributed by atoms with Gasteiger partial charge in [0.25, 0.3) is 5.56 Å².